The van der Waals surface area contributed by atoms with Gasteiger partial charge in [0.2, 0.25) is 0 Å². The first-order chi connectivity index (χ1) is 6.95. The van der Waals surface area contributed by atoms with Gasteiger partial charge in [-0.15, -0.1) is 0 Å². The van der Waals surface area contributed by atoms with E-state index in [9.17, 15) is 0 Å². The fourth-order valence-electron chi connectivity index (χ4n) is 1.32. The molecule has 0 bridgehead atoms. The molecule has 0 saturated heterocycles. The summed E-state index contributed by atoms with van der Waals surface area (Å²) in [5, 5.41) is 0. The van der Waals surface area contributed by atoms with Crippen molar-refractivity contribution in [2.75, 3.05) is 0 Å². The molecule has 0 aromatic heterocycles. The van der Waals surface area contributed by atoms with E-state index in [1.54, 1.807) is 0 Å². The zero-order valence-electron chi connectivity index (χ0n) is 8.64. The molecule has 0 spiro atoms. The van der Waals surface area contributed by atoms with Gasteiger partial charge in [-0.1, -0.05) is 72.8 Å². The van der Waals surface area contributed by atoms with Crippen LogP contribution in [0.5, 0.6) is 0 Å². The Labute approximate surface area is 111 Å². The van der Waals surface area contributed by atoms with Crippen molar-refractivity contribution < 1.29 is 0 Å². The van der Waals surface area contributed by atoms with Crippen LogP contribution in [0, 0.1) is 0 Å². The van der Waals surface area contributed by atoms with Gasteiger partial charge in [-0.2, -0.15) is 0 Å². The Hall–Kier alpha value is -0.898. The molecule has 1 heteroatoms. The van der Waals surface area contributed by atoms with Crippen molar-refractivity contribution >= 4 is 39.5 Å². The van der Waals surface area contributed by atoms with E-state index < -0.39 is 0 Å². The SMILES string of the molecule is C(=Cc1ccccc1)c1ccccc1.[PbH2]. The van der Waals surface area contributed by atoms with E-state index in [2.05, 4.69) is 36.4 Å². The molecule has 15 heavy (non-hydrogen) atoms. The Kier molecular flexibility index (Phi) is 5.32. The monoisotopic (exact) mass is 390 g/mol. The van der Waals surface area contributed by atoms with Crippen LogP contribution in [0.15, 0.2) is 60.7 Å². The molecular weight excluding hydrogens is 375 g/mol. The normalized spacial score (nSPS) is 9.87. The van der Waals surface area contributed by atoms with Gasteiger partial charge in [-0.3, -0.25) is 0 Å². The second kappa shape index (κ2) is 6.56. The first kappa shape index (κ1) is 12.2. The van der Waals surface area contributed by atoms with Crippen LogP contribution in [-0.4, -0.2) is 27.3 Å². The van der Waals surface area contributed by atoms with Crippen molar-refractivity contribution in [3.63, 3.8) is 0 Å². The second-order valence-corrected chi connectivity index (χ2v) is 3.15. The van der Waals surface area contributed by atoms with Gasteiger partial charge in [-0.25, -0.2) is 0 Å². The first-order valence-electron chi connectivity index (χ1n) is 4.73. The Morgan fingerprint density at radius 2 is 0.867 bits per heavy atom. The standard InChI is InChI=1S/C14H12.Pb.2H/c1-3-7-13(8-4-1)11-12-14-9-5-2-6-10-14;;;/h1-12H;;;. The molecule has 0 saturated carbocycles. The minimum atomic E-state index is 0. The summed E-state index contributed by atoms with van der Waals surface area (Å²) in [6, 6.07) is 20.6. The van der Waals surface area contributed by atoms with E-state index in [-0.39, 0.29) is 27.3 Å². The maximum absolute atomic E-state index is 2.12. The summed E-state index contributed by atoms with van der Waals surface area (Å²) >= 11 is 0. The van der Waals surface area contributed by atoms with Crippen LogP contribution < -0.4 is 0 Å². The summed E-state index contributed by atoms with van der Waals surface area (Å²) in [5.41, 5.74) is 2.47. The van der Waals surface area contributed by atoms with Gasteiger partial charge >= 0.3 is 27.3 Å². The van der Waals surface area contributed by atoms with E-state index in [0.717, 1.165) is 0 Å². The molecule has 0 aliphatic carbocycles. The van der Waals surface area contributed by atoms with E-state index in [1.165, 1.54) is 11.1 Å². The third kappa shape index (κ3) is 4.00. The zero-order chi connectivity index (χ0) is 9.64. The Morgan fingerprint density at radius 3 is 1.20 bits per heavy atom. The Morgan fingerprint density at radius 1 is 0.533 bits per heavy atom. The van der Waals surface area contributed by atoms with Gasteiger partial charge in [0.25, 0.3) is 0 Å². The molecule has 0 nitrogen and oxygen atoms in total. The van der Waals surface area contributed by atoms with Crippen LogP contribution in [-0.2, 0) is 0 Å². The fourth-order valence-corrected chi connectivity index (χ4v) is 1.32. The van der Waals surface area contributed by atoms with Crippen molar-refractivity contribution in [3.05, 3.63) is 71.8 Å². The van der Waals surface area contributed by atoms with Gasteiger partial charge in [0.15, 0.2) is 0 Å². The molecule has 0 aliphatic heterocycles. The van der Waals surface area contributed by atoms with E-state index in [1.807, 2.05) is 36.4 Å². The molecule has 2 radical (unpaired) electrons. The molecule has 2 aromatic rings. The molecule has 74 valence electrons. The van der Waals surface area contributed by atoms with Crippen molar-refractivity contribution in [1.82, 2.24) is 0 Å². The van der Waals surface area contributed by atoms with Crippen molar-refractivity contribution in [1.29, 1.82) is 0 Å². The third-order valence-corrected chi connectivity index (χ3v) is 2.07. The van der Waals surface area contributed by atoms with Gasteiger partial charge in [0, 0.05) is 0 Å². The van der Waals surface area contributed by atoms with Gasteiger partial charge in [-0.05, 0) is 11.1 Å². The van der Waals surface area contributed by atoms with Gasteiger partial charge in [0.05, 0.1) is 0 Å². The topological polar surface area (TPSA) is 0 Å². The van der Waals surface area contributed by atoms with Crippen LogP contribution in [0.1, 0.15) is 11.1 Å². The summed E-state index contributed by atoms with van der Waals surface area (Å²) < 4.78 is 0. The van der Waals surface area contributed by atoms with Crippen LogP contribution in [0.3, 0.4) is 0 Å². The number of benzene rings is 2. The molecule has 0 aliphatic rings. The van der Waals surface area contributed by atoms with Crippen LogP contribution >= 0.6 is 0 Å². The summed E-state index contributed by atoms with van der Waals surface area (Å²) in [7, 11) is 0. The van der Waals surface area contributed by atoms with Gasteiger partial charge in [0.1, 0.15) is 0 Å². The summed E-state index contributed by atoms with van der Waals surface area (Å²) in [6.45, 7) is 0. The van der Waals surface area contributed by atoms with Crippen molar-refractivity contribution in [2.45, 2.75) is 0 Å². The molecule has 0 fully saturated rings. The molecule has 0 unspecified atom stereocenters. The predicted molar refractivity (Wildman–Crippen MR) is 70.4 cm³/mol. The molecular formula is C14H14Pb. The fraction of sp³-hybridized carbons (Fsp3) is 0. The van der Waals surface area contributed by atoms with Crippen LogP contribution in [0.2, 0.25) is 0 Å². The van der Waals surface area contributed by atoms with Gasteiger partial charge < -0.3 is 0 Å². The molecule has 0 heterocycles. The molecule has 2 aromatic carbocycles. The molecule has 2 rings (SSSR count). The minimum absolute atomic E-state index is 0. The Bertz CT molecular complexity index is 362. The quantitative estimate of drug-likeness (QED) is 0.547. The van der Waals surface area contributed by atoms with Crippen LogP contribution in [0.25, 0.3) is 12.2 Å². The maximum atomic E-state index is 2.12. The predicted octanol–water partition coefficient (Wildman–Crippen LogP) is 2.94. The molecule has 0 N–H and O–H groups in total. The number of hydrogen-bond acceptors (Lipinski definition) is 0. The average Bonchev–Trinajstić information content (AvgIpc) is 2.29. The Balaban J connectivity index is 0.00000112. The summed E-state index contributed by atoms with van der Waals surface area (Å²) in [6.07, 6.45) is 4.24. The molecule has 0 atom stereocenters. The summed E-state index contributed by atoms with van der Waals surface area (Å²) in [4.78, 5) is 0. The van der Waals surface area contributed by atoms with E-state index >= 15 is 0 Å². The van der Waals surface area contributed by atoms with E-state index in [4.69, 9.17) is 0 Å². The second-order valence-electron chi connectivity index (χ2n) is 3.15. The van der Waals surface area contributed by atoms with Crippen molar-refractivity contribution in [3.8, 4) is 0 Å². The molecule has 0 amide bonds. The average molecular weight is 389 g/mol. The number of hydrogen-bond donors (Lipinski definition) is 0. The summed E-state index contributed by atoms with van der Waals surface area (Å²) in [5.74, 6) is 0. The third-order valence-electron chi connectivity index (χ3n) is 2.07. The van der Waals surface area contributed by atoms with Crippen LogP contribution in [0.4, 0.5) is 0 Å². The van der Waals surface area contributed by atoms with E-state index in [0.29, 0.717) is 0 Å². The first-order valence-corrected chi connectivity index (χ1v) is 4.73. The van der Waals surface area contributed by atoms with Crippen molar-refractivity contribution in [2.24, 2.45) is 0 Å². The zero-order valence-corrected chi connectivity index (χ0v) is 14.1. The number of rotatable bonds is 2.